The van der Waals surface area contributed by atoms with Gasteiger partial charge in [0.2, 0.25) is 0 Å². The maximum atomic E-state index is 11.7. The monoisotopic (exact) mass is 372 g/mol. The third-order valence-corrected chi connectivity index (χ3v) is 5.19. The fourth-order valence-electron chi connectivity index (χ4n) is 2.07. The fraction of sp³-hybridized carbons (Fsp3) is 0.438. The van der Waals surface area contributed by atoms with Crippen molar-refractivity contribution < 1.29 is 18.4 Å². The largest absolute Gasteiger partial charge is 0.289 e. The van der Waals surface area contributed by atoms with E-state index in [9.17, 15) is 13.2 Å². The summed E-state index contributed by atoms with van der Waals surface area (Å²) in [6.07, 6.45) is 6.23. The van der Waals surface area contributed by atoms with Crippen LogP contribution in [0.5, 0.6) is 0 Å². The van der Waals surface area contributed by atoms with Crippen LogP contribution in [0.15, 0.2) is 23.1 Å². The Balaban J connectivity index is 2.88. The van der Waals surface area contributed by atoms with Crippen molar-refractivity contribution in [3.63, 3.8) is 0 Å². The zero-order valence-electron chi connectivity index (χ0n) is 14.1. The molecule has 0 bridgehead atoms. The molecule has 0 aliphatic heterocycles. The molecule has 1 aromatic rings. The second-order valence-electron chi connectivity index (χ2n) is 5.36. The Labute approximate surface area is 147 Å². The highest BCUT2D eigenvalue weighted by atomic mass is 32.2. The Morgan fingerprint density at radius 3 is 2.62 bits per heavy atom. The third-order valence-electron chi connectivity index (χ3n) is 3.32. The van der Waals surface area contributed by atoms with Gasteiger partial charge < -0.3 is 0 Å². The van der Waals surface area contributed by atoms with Gasteiger partial charge in [0.25, 0.3) is 5.91 Å². The van der Waals surface area contributed by atoms with E-state index in [0.717, 1.165) is 28.0 Å². The molecule has 0 spiro atoms. The summed E-state index contributed by atoms with van der Waals surface area (Å²) in [7, 11) is -3.19. The maximum absolute atomic E-state index is 11.7. The second kappa shape index (κ2) is 9.83. The van der Waals surface area contributed by atoms with Gasteiger partial charge in [-0.2, -0.15) is 0 Å². The van der Waals surface area contributed by atoms with E-state index < -0.39 is 21.8 Å². The molecule has 1 amide bonds. The van der Waals surface area contributed by atoms with Crippen molar-refractivity contribution in [2.45, 2.75) is 37.6 Å². The molecule has 1 aromatic carbocycles. The standard InChI is InChI=1S/C16H24N2O4S2/c1-4-6-13-11-14(8-7-12(13)5-2)23-18-15(16(19)17-20)9-10-24(3,21)22/h5-8,11,15,18,20H,4,9-10H2,1-3H3,(H,17,19)/b12-5-,13-6-. The molecule has 8 heteroatoms. The summed E-state index contributed by atoms with van der Waals surface area (Å²) in [6.45, 7) is 4.03. The first-order valence-electron chi connectivity index (χ1n) is 7.61. The highest BCUT2D eigenvalue weighted by molar-refractivity contribution is 7.97. The van der Waals surface area contributed by atoms with Gasteiger partial charge in [0, 0.05) is 11.2 Å². The van der Waals surface area contributed by atoms with Gasteiger partial charge in [-0.15, -0.1) is 0 Å². The molecule has 24 heavy (non-hydrogen) atoms. The Kier molecular flexibility index (Phi) is 8.47. The van der Waals surface area contributed by atoms with Crippen LogP contribution < -0.4 is 20.6 Å². The van der Waals surface area contributed by atoms with Crippen LogP contribution in [0.25, 0.3) is 12.2 Å². The highest BCUT2D eigenvalue weighted by Gasteiger charge is 2.20. The Morgan fingerprint density at radius 1 is 1.38 bits per heavy atom. The predicted octanol–water partition coefficient (Wildman–Crippen LogP) is 0.583. The lowest BCUT2D eigenvalue weighted by molar-refractivity contribution is -0.130. The topological polar surface area (TPSA) is 95.5 Å². The average Bonchev–Trinajstić information content (AvgIpc) is 2.53. The van der Waals surface area contributed by atoms with Crippen molar-refractivity contribution in [2.75, 3.05) is 12.0 Å². The van der Waals surface area contributed by atoms with Crippen LogP contribution in [0.1, 0.15) is 26.7 Å². The van der Waals surface area contributed by atoms with Gasteiger partial charge in [0.1, 0.15) is 9.84 Å². The number of hydrogen-bond acceptors (Lipinski definition) is 6. The Hall–Kier alpha value is -1.35. The van der Waals surface area contributed by atoms with Crippen LogP contribution in [0.4, 0.5) is 0 Å². The normalized spacial score (nSPS) is 14.7. The van der Waals surface area contributed by atoms with Crippen LogP contribution in [-0.4, -0.2) is 37.6 Å². The number of sulfone groups is 1. The number of amides is 1. The molecule has 0 aliphatic carbocycles. The summed E-state index contributed by atoms with van der Waals surface area (Å²) >= 11 is 1.23. The van der Waals surface area contributed by atoms with Crippen molar-refractivity contribution >= 4 is 39.8 Å². The van der Waals surface area contributed by atoms with Gasteiger partial charge >= 0.3 is 0 Å². The first kappa shape index (κ1) is 20.7. The molecule has 3 N–H and O–H groups in total. The van der Waals surface area contributed by atoms with Crippen LogP contribution in [0, 0.1) is 0 Å². The van der Waals surface area contributed by atoms with E-state index in [1.54, 1.807) is 5.48 Å². The lowest BCUT2D eigenvalue weighted by atomic mass is 10.2. The molecule has 6 nitrogen and oxygen atoms in total. The number of carbonyl (C=O) groups is 1. The number of rotatable bonds is 8. The minimum Gasteiger partial charge on any atom is -0.289 e. The maximum Gasteiger partial charge on any atom is 0.261 e. The Bertz CT molecular complexity index is 776. The number of hydroxylamine groups is 1. The van der Waals surface area contributed by atoms with E-state index in [-0.39, 0.29) is 12.2 Å². The first-order valence-corrected chi connectivity index (χ1v) is 10.5. The zero-order valence-corrected chi connectivity index (χ0v) is 15.7. The van der Waals surface area contributed by atoms with Gasteiger partial charge in [-0.25, -0.2) is 18.6 Å². The molecule has 0 aliphatic rings. The molecule has 0 saturated carbocycles. The number of hydrogen-bond donors (Lipinski definition) is 3. The van der Waals surface area contributed by atoms with Crippen LogP contribution >= 0.6 is 11.9 Å². The molecule has 0 radical (unpaired) electrons. The molecular weight excluding hydrogens is 348 g/mol. The lowest BCUT2D eigenvalue weighted by Gasteiger charge is -2.15. The fourth-order valence-corrected chi connectivity index (χ4v) is 3.56. The van der Waals surface area contributed by atoms with E-state index >= 15 is 0 Å². The summed E-state index contributed by atoms with van der Waals surface area (Å²) in [5.41, 5.74) is 1.57. The molecule has 0 aromatic heterocycles. The summed E-state index contributed by atoms with van der Waals surface area (Å²) in [5, 5.41) is 11.0. The zero-order chi connectivity index (χ0) is 18.2. The van der Waals surface area contributed by atoms with E-state index in [1.807, 2.05) is 31.2 Å². The summed E-state index contributed by atoms with van der Waals surface area (Å²) in [6, 6.07) is 5.10. The van der Waals surface area contributed by atoms with E-state index in [2.05, 4.69) is 17.7 Å². The van der Waals surface area contributed by atoms with Crippen LogP contribution in [-0.2, 0) is 14.6 Å². The molecule has 1 rings (SSSR count). The summed E-state index contributed by atoms with van der Waals surface area (Å²) in [4.78, 5) is 12.6. The van der Waals surface area contributed by atoms with E-state index in [0.29, 0.717) is 0 Å². The average molecular weight is 373 g/mol. The SMILES string of the molecule is C/C=c1/ccc(SNC(CCS(C)(=O)=O)C(=O)NO)c/c1=C/CC. The molecule has 1 unspecified atom stereocenters. The third kappa shape index (κ3) is 7.04. The summed E-state index contributed by atoms with van der Waals surface area (Å²) < 4.78 is 25.5. The number of nitrogens with one attached hydrogen (secondary N) is 2. The molecule has 0 saturated heterocycles. The molecule has 0 heterocycles. The van der Waals surface area contributed by atoms with Crippen LogP contribution in [0.3, 0.4) is 0 Å². The van der Waals surface area contributed by atoms with Gasteiger partial charge in [-0.3, -0.25) is 10.0 Å². The van der Waals surface area contributed by atoms with Crippen molar-refractivity contribution in [1.82, 2.24) is 10.2 Å². The van der Waals surface area contributed by atoms with Crippen LogP contribution in [0.2, 0.25) is 0 Å². The van der Waals surface area contributed by atoms with Gasteiger partial charge in [0.15, 0.2) is 0 Å². The first-order chi connectivity index (χ1) is 11.3. The highest BCUT2D eigenvalue weighted by Crippen LogP contribution is 2.13. The molecule has 0 fully saturated rings. The van der Waals surface area contributed by atoms with Gasteiger partial charge in [0.05, 0.1) is 11.8 Å². The molecule has 134 valence electrons. The van der Waals surface area contributed by atoms with Crippen molar-refractivity contribution in [3.05, 3.63) is 28.6 Å². The van der Waals surface area contributed by atoms with Crippen molar-refractivity contribution in [1.29, 1.82) is 0 Å². The quantitative estimate of drug-likeness (QED) is 0.351. The van der Waals surface area contributed by atoms with Gasteiger partial charge in [-0.05, 0) is 54.3 Å². The molecular formula is C16H24N2O4S2. The van der Waals surface area contributed by atoms with Crippen molar-refractivity contribution in [3.8, 4) is 0 Å². The van der Waals surface area contributed by atoms with Crippen molar-refractivity contribution in [2.24, 2.45) is 0 Å². The number of benzene rings is 1. The molecule has 1 atom stereocenters. The minimum atomic E-state index is -3.19. The Morgan fingerprint density at radius 2 is 2.08 bits per heavy atom. The second-order valence-corrected chi connectivity index (χ2v) is 8.53. The smallest absolute Gasteiger partial charge is 0.261 e. The minimum absolute atomic E-state index is 0.0764. The lowest BCUT2D eigenvalue weighted by Crippen LogP contribution is -2.41. The predicted molar refractivity (Wildman–Crippen MR) is 97.6 cm³/mol. The van der Waals surface area contributed by atoms with E-state index in [1.165, 1.54) is 11.9 Å². The van der Waals surface area contributed by atoms with Gasteiger partial charge in [-0.1, -0.05) is 25.1 Å². The number of carbonyl (C=O) groups excluding carboxylic acids is 1. The summed E-state index contributed by atoms with van der Waals surface area (Å²) in [5.74, 6) is -0.804. The van der Waals surface area contributed by atoms with E-state index in [4.69, 9.17) is 5.21 Å².